The molecule has 190 valence electrons. The number of nitrogens with zero attached hydrogens (tertiary/aromatic N) is 2. The Morgan fingerprint density at radius 3 is 2.77 bits per heavy atom. The third-order valence-electron chi connectivity index (χ3n) is 11.4. The predicted octanol–water partition coefficient (Wildman–Crippen LogP) is 7.35. The van der Waals surface area contributed by atoms with Crippen LogP contribution in [0.4, 0.5) is 11.4 Å². The van der Waals surface area contributed by atoms with E-state index in [1.54, 1.807) is 5.56 Å². The van der Waals surface area contributed by atoms with E-state index in [4.69, 9.17) is 4.42 Å². The number of hydrogen-bond acceptors (Lipinski definition) is 2. The van der Waals surface area contributed by atoms with Gasteiger partial charge in [0.25, 0.3) is 0 Å². The van der Waals surface area contributed by atoms with Crippen LogP contribution in [0.3, 0.4) is 0 Å². The van der Waals surface area contributed by atoms with E-state index in [9.17, 15) is 0 Å². The van der Waals surface area contributed by atoms with Crippen molar-refractivity contribution in [2.75, 3.05) is 4.90 Å². The molecule has 5 heterocycles. The molecule has 2 unspecified atom stereocenters. The second-order valence-electron chi connectivity index (χ2n) is 13.2. The van der Waals surface area contributed by atoms with E-state index >= 15 is 0 Å². The fourth-order valence-corrected chi connectivity index (χ4v) is 9.57. The highest BCUT2D eigenvalue weighted by atomic mass is 16.3. The first kappa shape index (κ1) is 21.2. The van der Waals surface area contributed by atoms with Gasteiger partial charge in [-0.2, -0.15) is 0 Å². The molecule has 0 spiro atoms. The molecule has 2 aromatic heterocycles. The molecule has 2 atom stereocenters. The van der Waals surface area contributed by atoms with Crippen LogP contribution in [0.1, 0.15) is 68.4 Å². The minimum absolute atomic E-state index is 0.0725. The largest absolute Gasteiger partial charge is 0.441 e. The minimum Gasteiger partial charge on any atom is -0.441 e. The summed E-state index contributed by atoms with van der Waals surface area (Å²) in [4.78, 5) is 2.81. The topological polar surface area (TPSA) is 21.3 Å². The van der Waals surface area contributed by atoms with Crippen LogP contribution in [0, 0.1) is 6.92 Å². The van der Waals surface area contributed by atoms with Crippen molar-refractivity contribution < 1.29 is 4.42 Å². The number of aryl methyl sites for hydroxylation is 2. The van der Waals surface area contributed by atoms with Crippen LogP contribution in [-0.4, -0.2) is 16.9 Å². The van der Waals surface area contributed by atoms with Crippen LogP contribution in [0.2, 0.25) is 0 Å². The van der Waals surface area contributed by atoms with Crippen LogP contribution in [-0.2, 0) is 11.8 Å². The Hall–Kier alpha value is -3.66. The van der Waals surface area contributed by atoms with Gasteiger partial charge in [-0.25, -0.2) is 0 Å². The van der Waals surface area contributed by atoms with Gasteiger partial charge in [0, 0.05) is 38.8 Å². The van der Waals surface area contributed by atoms with Gasteiger partial charge in [-0.1, -0.05) is 68.3 Å². The lowest BCUT2D eigenvalue weighted by Crippen LogP contribution is -2.61. The Morgan fingerprint density at radius 1 is 0.974 bits per heavy atom. The first-order valence-corrected chi connectivity index (χ1v) is 14.8. The summed E-state index contributed by atoms with van der Waals surface area (Å²) in [6.45, 7) is 7.51. The van der Waals surface area contributed by atoms with Gasteiger partial charge < -0.3 is 13.8 Å². The van der Waals surface area contributed by atoms with Crippen molar-refractivity contribution >= 4 is 57.2 Å². The van der Waals surface area contributed by atoms with Crippen LogP contribution < -0.4 is 15.8 Å². The Kier molecular flexibility index (Phi) is 3.56. The smallest absolute Gasteiger partial charge is 0.336 e. The highest BCUT2D eigenvalue weighted by Gasteiger charge is 2.61. The average molecular weight is 506 g/mol. The highest BCUT2D eigenvalue weighted by molar-refractivity contribution is 6.90. The van der Waals surface area contributed by atoms with E-state index in [1.165, 1.54) is 86.5 Å². The molecule has 1 saturated carbocycles. The summed E-state index contributed by atoms with van der Waals surface area (Å²) < 4.78 is 9.40. The molecule has 3 nitrogen and oxygen atoms in total. The third-order valence-corrected chi connectivity index (χ3v) is 11.4. The molecule has 0 bridgehead atoms. The molecule has 0 radical (unpaired) electrons. The number of anilines is 2. The maximum atomic E-state index is 6.81. The molecule has 5 aliphatic rings. The summed E-state index contributed by atoms with van der Waals surface area (Å²) in [5, 5.41) is 2.68. The molecule has 39 heavy (non-hydrogen) atoms. The number of aromatic nitrogens is 1. The van der Waals surface area contributed by atoms with Crippen LogP contribution in [0.15, 0.2) is 59.0 Å². The third kappa shape index (κ3) is 2.15. The minimum atomic E-state index is 0.0725. The normalized spacial score (nSPS) is 25.2. The lowest BCUT2D eigenvalue weighted by Gasteiger charge is -2.52. The quantitative estimate of drug-likeness (QED) is 0.201. The SMILES string of the molecule is Cc1cc2c3c(c1)N1c4c(cccc4C4(C)CCCCC14C)B3n1c3oc4c(c3c3cccc-2c31)CCC=C4. The summed E-state index contributed by atoms with van der Waals surface area (Å²) in [5.74, 6) is 1.05. The summed E-state index contributed by atoms with van der Waals surface area (Å²) in [5.41, 5.74) is 15.5. The van der Waals surface area contributed by atoms with Crippen LogP contribution in [0.5, 0.6) is 0 Å². The van der Waals surface area contributed by atoms with E-state index < -0.39 is 0 Å². The lowest BCUT2D eigenvalue weighted by molar-refractivity contribution is 0.195. The molecule has 10 rings (SSSR count). The standard InChI is InChI=1S/C35H31BN2O/c1-20-18-24-21-11-8-12-23-29-22-10-4-5-15-28(22)39-33(29)38(31(21)23)36-26-14-9-13-25-32(26)37(27(19-20)30(24)36)35(3)17-7-6-16-34(25,35)2/h5,8-9,11-15,18-19H,4,6-7,10,16-17H2,1-3H3. The number of rotatable bonds is 0. The maximum Gasteiger partial charge on any atom is 0.336 e. The van der Waals surface area contributed by atoms with E-state index in [0.717, 1.165) is 24.3 Å². The van der Waals surface area contributed by atoms with Gasteiger partial charge >= 0.3 is 6.85 Å². The van der Waals surface area contributed by atoms with E-state index in [0.29, 0.717) is 0 Å². The molecule has 0 amide bonds. The monoisotopic (exact) mass is 506 g/mol. The zero-order valence-corrected chi connectivity index (χ0v) is 22.9. The number of furan rings is 1. The molecule has 4 heteroatoms. The van der Waals surface area contributed by atoms with Crippen molar-refractivity contribution in [2.24, 2.45) is 0 Å². The highest BCUT2D eigenvalue weighted by Crippen LogP contribution is 2.61. The molecular formula is C35H31BN2O. The number of hydrogen-bond donors (Lipinski definition) is 0. The van der Waals surface area contributed by atoms with Crippen molar-refractivity contribution in [2.45, 2.75) is 70.3 Å². The summed E-state index contributed by atoms with van der Waals surface area (Å²) >= 11 is 0. The van der Waals surface area contributed by atoms with E-state index in [1.807, 2.05) is 0 Å². The second kappa shape index (κ2) is 6.55. The van der Waals surface area contributed by atoms with Crippen LogP contribution in [0.25, 0.3) is 39.2 Å². The number of benzene rings is 3. The maximum absolute atomic E-state index is 6.81. The summed E-state index contributed by atoms with van der Waals surface area (Å²) in [6, 6.07) is 19.1. The van der Waals surface area contributed by atoms with Gasteiger partial charge in [-0.3, -0.25) is 0 Å². The molecule has 0 N–H and O–H groups in total. The summed E-state index contributed by atoms with van der Waals surface area (Å²) in [6.07, 6.45) is 11.7. The van der Waals surface area contributed by atoms with E-state index in [2.05, 4.69) is 90.8 Å². The molecule has 2 aliphatic carbocycles. The fourth-order valence-electron chi connectivity index (χ4n) is 9.57. The lowest BCUT2D eigenvalue weighted by atomic mass is 9.45. The first-order chi connectivity index (χ1) is 19.0. The van der Waals surface area contributed by atoms with Gasteiger partial charge in [0.1, 0.15) is 5.76 Å². The molecule has 1 fully saturated rings. The van der Waals surface area contributed by atoms with Gasteiger partial charge in [0.05, 0.1) is 10.9 Å². The van der Waals surface area contributed by atoms with Crippen molar-refractivity contribution in [1.29, 1.82) is 0 Å². The zero-order valence-electron chi connectivity index (χ0n) is 22.9. The van der Waals surface area contributed by atoms with Gasteiger partial charge in [-0.15, -0.1) is 0 Å². The van der Waals surface area contributed by atoms with Crippen molar-refractivity contribution in [3.8, 4) is 11.1 Å². The van der Waals surface area contributed by atoms with Crippen molar-refractivity contribution in [1.82, 2.24) is 4.48 Å². The Labute approximate surface area is 229 Å². The predicted molar refractivity (Wildman–Crippen MR) is 162 cm³/mol. The molecule has 3 aromatic carbocycles. The van der Waals surface area contributed by atoms with Gasteiger partial charge in [0.15, 0.2) is 5.71 Å². The molecular weight excluding hydrogens is 475 g/mol. The van der Waals surface area contributed by atoms with Crippen LogP contribution >= 0.6 is 0 Å². The number of fused-ring (bicyclic) bond motifs is 12. The zero-order chi connectivity index (χ0) is 25.8. The molecule has 5 aromatic rings. The first-order valence-electron chi connectivity index (χ1n) is 14.8. The van der Waals surface area contributed by atoms with Gasteiger partial charge in [0.2, 0.25) is 0 Å². The fraction of sp³-hybridized carbons (Fsp3) is 0.314. The summed E-state index contributed by atoms with van der Waals surface area (Å²) in [7, 11) is 0. The molecule has 3 aliphatic heterocycles. The van der Waals surface area contributed by atoms with Gasteiger partial charge in [-0.05, 0) is 79.3 Å². The Balaban J connectivity index is 1.41. The second-order valence-corrected chi connectivity index (χ2v) is 13.2. The average Bonchev–Trinajstić information content (AvgIpc) is 3.54. The van der Waals surface area contributed by atoms with Crippen molar-refractivity contribution in [3.63, 3.8) is 0 Å². The molecule has 0 saturated heterocycles. The Bertz CT molecular complexity index is 1990. The number of para-hydroxylation sites is 2. The number of allylic oxidation sites excluding steroid dienone is 1. The van der Waals surface area contributed by atoms with Crippen molar-refractivity contribution in [3.05, 3.63) is 77.1 Å². The Morgan fingerprint density at radius 2 is 1.85 bits per heavy atom. The van der Waals surface area contributed by atoms with E-state index in [-0.39, 0.29) is 17.8 Å².